The second-order valence-electron chi connectivity index (χ2n) is 7.04. The number of aromatic nitrogens is 1. The number of benzene rings is 2. The molecule has 5 nitrogen and oxygen atoms in total. The average molecular weight is 442 g/mol. The highest BCUT2D eigenvalue weighted by Gasteiger charge is 2.13. The molecule has 30 heavy (non-hydrogen) atoms. The molecule has 7 heteroatoms. The molecule has 1 amide bonds. The number of nitrogens with one attached hydrogen (secondary N) is 2. The highest BCUT2D eigenvalue weighted by atomic mass is 32.1. The van der Waals surface area contributed by atoms with Gasteiger partial charge in [0, 0.05) is 5.69 Å². The Labute approximate surface area is 186 Å². The lowest BCUT2D eigenvalue weighted by molar-refractivity contribution is 0.0977. The Bertz CT molecular complexity index is 937. The third kappa shape index (κ3) is 6.78. The summed E-state index contributed by atoms with van der Waals surface area (Å²) in [5, 5.41) is 6.33. The average Bonchev–Trinajstić information content (AvgIpc) is 3.19. The van der Waals surface area contributed by atoms with Crippen molar-refractivity contribution in [1.29, 1.82) is 0 Å². The van der Waals surface area contributed by atoms with E-state index >= 15 is 0 Å². The molecule has 0 atom stereocenters. The summed E-state index contributed by atoms with van der Waals surface area (Å²) in [5.41, 5.74) is 1.60. The molecule has 3 aromatic rings. The number of para-hydroxylation sites is 1. The van der Waals surface area contributed by atoms with Crippen LogP contribution in [0.15, 0.2) is 48.5 Å². The maximum atomic E-state index is 12.4. The fourth-order valence-electron chi connectivity index (χ4n) is 3.00. The van der Waals surface area contributed by atoms with Crippen molar-refractivity contribution >= 4 is 50.5 Å². The first-order valence-corrected chi connectivity index (χ1v) is 11.6. The number of nitrogens with zero attached hydrogens (tertiary/aromatic N) is 1. The first kappa shape index (κ1) is 22.2. The van der Waals surface area contributed by atoms with Crippen LogP contribution in [0.1, 0.15) is 55.3 Å². The zero-order valence-corrected chi connectivity index (χ0v) is 18.8. The molecule has 0 radical (unpaired) electrons. The van der Waals surface area contributed by atoms with Gasteiger partial charge in [-0.2, -0.15) is 0 Å². The van der Waals surface area contributed by atoms with Crippen molar-refractivity contribution in [2.24, 2.45) is 0 Å². The van der Waals surface area contributed by atoms with E-state index in [4.69, 9.17) is 17.0 Å². The van der Waals surface area contributed by atoms with Crippen LogP contribution in [0.25, 0.3) is 10.2 Å². The molecule has 3 rings (SSSR count). The van der Waals surface area contributed by atoms with E-state index in [1.54, 1.807) is 0 Å². The number of ether oxygens (including phenoxy) is 1. The van der Waals surface area contributed by atoms with Crippen molar-refractivity contribution in [2.45, 2.75) is 45.4 Å². The monoisotopic (exact) mass is 441 g/mol. The minimum Gasteiger partial charge on any atom is -0.494 e. The van der Waals surface area contributed by atoms with Crippen LogP contribution in [0.5, 0.6) is 5.75 Å². The van der Waals surface area contributed by atoms with Crippen LogP contribution in [0.4, 0.5) is 5.69 Å². The first-order chi connectivity index (χ1) is 14.7. The van der Waals surface area contributed by atoms with Gasteiger partial charge < -0.3 is 10.1 Å². The first-order valence-electron chi connectivity index (χ1n) is 10.4. The van der Waals surface area contributed by atoms with Crippen LogP contribution >= 0.6 is 23.6 Å². The molecule has 158 valence electrons. The van der Waals surface area contributed by atoms with Gasteiger partial charge >= 0.3 is 0 Å². The van der Waals surface area contributed by atoms with E-state index in [2.05, 4.69) is 22.5 Å². The van der Waals surface area contributed by atoms with Crippen molar-refractivity contribution in [3.63, 3.8) is 0 Å². The van der Waals surface area contributed by atoms with Gasteiger partial charge in [0.1, 0.15) is 5.75 Å². The van der Waals surface area contributed by atoms with E-state index in [9.17, 15) is 4.79 Å². The summed E-state index contributed by atoms with van der Waals surface area (Å²) in [7, 11) is 0. The number of carbonyl (C=O) groups is 1. The lowest BCUT2D eigenvalue weighted by Gasteiger charge is -2.10. The smallest absolute Gasteiger partial charge is 0.286 e. The number of rotatable bonds is 10. The van der Waals surface area contributed by atoms with Crippen LogP contribution in [0.2, 0.25) is 0 Å². The molecule has 0 saturated carbocycles. The van der Waals surface area contributed by atoms with Crippen molar-refractivity contribution in [1.82, 2.24) is 10.3 Å². The van der Waals surface area contributed by atoms with Gasteiger partial charge in [-0.15, -0.1) is 11.3 Å². The second kappa shape index (κ2) is 11.6. The van der Waals surface area contributed by atoms with Gasteiger partial charge in [-0.25, -0.2) is 4.98 Å². The largest absolute Gasteiger partial charge is 0.494 e. The zero-order valence-electron chi connectivity index (χ0n) is 17.1. The van der Waals surface area contributed by atoms with E-state index in [-0.39, 0.29) is 11.0 Å². The maximum absolute atomic E-state index is 12.4. The third-order valence-corrected chi connectivity index (χ3v) is 5.83. The van der Waals surface area contributed by atoms with Crippen molar-refractivity contribution in [3.8, 4) is 5.75 Å². The Morgan fingerprint density at radius 2 is 1.77 bits per heavy atom. The van der Waals surface area contributed by atoms with Crippen molar-refractivity contribution < 1.29 is 9.53 Å². The molecular formula is C23H27N3O2S2. The number of hydrogen-bond donors (Lipinski definition) is 2. The summed E-state index contributed by atoms with van der Waals surface area (Å²) in [6.45, 7) is 2.96. The molecule has 0 aliphatic rings. The predicted octanol–water partition coefficient (Wildman–Crippen LogP) is 6.16. The molecule has 0 fully saturated rings. The van der Waals surface area contributed by atoms with Crippen molar-refractivity contribution in [3.05, 3.63) is 53.5 Å². The van der Waals surface area contributed by atoms with Crippen LogP contribution in [-0.2, 0) is 0 Å². The highest BCUT2D eigenvalue weighted by Crippen LogP contribution is 2.21. The lowest BCUT2D eigenvalue weighted by atomic mass is 10.1. The molecule has 0 unspecified atom stereocenters. The lowest BCUT2D eigenvalue weighted by Crippen LogP contribution is -2.34. The number of hydrogen-bond acceptors (Lipinski definition) is 5. The molecule has 1 heterocycles. The van der Waals surface area contributed by atoms with E-state index in [0.717, 1.165) is 34.7 Å². The molecule has 2 N–H and O–H groups in total. The Kier molecular flexibility index (Phi) is 8.59. The Morgan fingerprint density at radius 1 is 1.03 bits per heavy atom. The van der Waals surface area contributed by atoms with Gasteiger partial charge in [0.25, 0.3) is 5.91 Å². The van der Waals surface area contributed by atoms with Gasteiger partial charge in [0.05, 0.1) is 16.8 Å². The highest BCUT2D eigenvalue weighted by molar-refractivity contribution is 7.80. The predicted molar refractivity (Wildman–Crippen MR) is 129 cm³/mol. The standard InChI is InChI=1S/C23H27N3O2S2/c1-2-3-4-5-6-9-16-28-18-14-12-17(13-15-18)24-23(29)26-21(27)22-25-19-10-7-8-11-20(19)30-22/h7-8,10-15H,2-6,9,16H2,1H3,(H2,24,26,27,29). The summed E-state index contributed by atoms with van der Waals surface area (Å²) >= 11 is 6.60. The topological polar surface area (TPSA) is 63.2 Å². The number of fused-ring (bicyclic) bond motifs is 1. The van der Waals surface area contributed by atoms with E-state index in [1.165, 1.54) is 43.4 Å². The fourth-order valence-corrected chi connectivity index (χ4v) is 4.07. The summed E-state index contributed by atoms with van der Waals surface area (Å²) in [6, 6.07) is 15.2. The second-order valence-corrected chi connectivity index (χ2v) is 8.47. The molecule has 0 saturated heterocycles. The molecular weight excluding hydrogens is 414 g/mol. The van der Waals surface area contributed by atoms with Crippen LogP contribution in [0.3, 0.4) is 0 Å². The Morgan fingerprint density at radius 3 is 2.53 bits per heavy atom. The minimum absolute atomic E-state index is 0.236. The quantitative estimate of drug-likeness (QED) is 0.291. The number of carbonyl (C=O) groups excluding carboxylic acids is 1. The summed E-state index contributed by atoms with van der Waals surface area (Å²) in [4.78, 5) is 16.7. The summed E-state index contributed by atoms with van der Waals surface area (Å²) < 4.78 is 6.76. The van der Waals surface area contributed by atoms with Crippen LogP contribution in [-0.4, -0.2) is 22.6 Å². The van der Waals surface area contributed by atoms with E-state index < -0.39 is 0 Å². The number of anilines is 1. The van der Waals surface area contributed by atoms with Gasteiger partial charge in [-0.1, -0.05) is 51.2 Å². The van der Waals surface area contributed by atoms with Gasteiger partial charge in [-0.3, -0.25) is 10.1 Å². The molecule has 0 spiro atoms. The third-order valence-electron chi connectivity index (χ3n) is 4.59. The van der Waals surface area contributed by atoms with Crippen LogP contribution in [0, 0.1) is 0 Å². The summed E-state index contributed by atoms with van der Waals surface area (Å²) in [6.07, 6.45) is 7.46. The number of amides is 1. The molecule has 0 aliphatic carbocycles. The van der Waals surface area contributed by atoms with E-state index in [0.29, 0.717) is 5.01 Å². The van der Waals surface area contributed by atoms with Crippen molar-refractivity contribution in [2.75, 3.05) is 11.9 Å². The van der Waals surface area contributed by atoms with E-state index in [1.807, 2.05) is 48.5 Å². The molecule has 2 aromatic carbocycles. The van der Waals surface area contributed by atoms with Crippen LogP contribution < -0.4 is 15.4 Å². The SMILES string of the molecule is CCCCCCCCOc1ccc(NC(=S)NC(=O)c2nc3ccccc3s2)cc1. The minimum atomic E-state index is -0.312. The molecule has 0 bridgehead atoms. The number of thiazole rings is 1. The number of unbranched alkanes of at least 4 members (excludes halogenated alkanes) is 5. The molecule has 0 aliphatic heterocycles. The van der Waals surface area contributed by atoms with Gasteiger partial charge in [0.2, 0.25) is 0 Å². The fraction of sp³-hybridized carbons (Fsp3) is 0.348. The van der Waals surface area contributed by atoms with Gasteiger partial charge in [-0.05, 0) is 55.0 Å². The Hall–Kier alpha value is -2.51. The maximum Gasteiger partial charge on any atom is 0.286 e. The van der Waals surface area contributed by atoms with Gasteiger partial charge in [0.15, 0.2) is 10.1 Å². The number of thiocarbonyl (C=S) groups is 1. The Balaban J connectivity index is 1.41. The molecule has 1 aromatic heterocycles. The summed E-state index contributed by atoms with van der Waals surface area (Å²) in [5.74, 6) is 0.520. The normalized spacial score (nSPS) is 10.7. The zero-order chi connectivity index (χ0) is 21.2.